The van der Waals surface area contributed by atoms with Crippen molar-refractivity contribution >= 4 is 11.6 Å². The van der Waals surface area contributed by atoms with E-state index in [-0.39, 0.29) is 17.5 Å². The average molecular weight is 357 g/mol. The number of halogens is 3. The maximum atomic E-state index is 13.3. The lowest BCUT2D eigenvalue weighted by atomic mass is 9.94. The van der Waals surface area contributed by atoms with Gasteiger partial charge in [0.2, 0.25) is 5.91 Å². The summed E-state index contributed by atoms with van der Waals surface area (Å²) in [5.41, 5.74) is 0.206. The van der Waals surface area contributed by atoms with Gasteiger partial charge in [-0.05, 0) is 46.0 Å². The second-order valence-corrected chi connectivity index (χ2v) is 6.87. The molecule has 1 aliphatic heterocycles. The number of alkyl halides is 3. The van der Waals surface area contributed by atoms with Crippen molar-refractivity contribution in [2.45, 2.75) is 25.9 Å². The van der Waals surface area contributed by atoms with Gasteiger partial charge in [0.05, 0.1) is 5.56 Å². The van der Waals surface area contributed by atoms with Gasteiger partial charge in [0.1, 0.15) is 0 Å². The fourth-order valence-electron chi connectivity index (χ4n) is 3.08. The van der Waals surface area contributed by atoms with Crippen molar-refractivity contribution in [3.63, 3.8) is 0 Å². The molecule has 1 saturated heterocycles. The van der Waals surface area contributed by atoms with Gasteiger partial charge in [-0.2, -0.15) is 13.2 Å². The van der Waals surface area contributed by atoms with Crippen molar-refractivity contribution in [1.29, 1.82) is 0 Å². The summed E-state index contributed by atoms with van der Waals surface area (Å²) in [6, 6.07) is 4.43. The molecule has 1 amide bonds. The van der Waals surface area contributed by atoms with Crippen LogP contribution in [0.5, 0.6) is 0 Å². The van der Waals surface area contributed by atoms with Gasteiger partial charge >= 0.3 is 6.18 Å². The van der Waals surface area contributed by atoms with Gasteiger partial charge in [0.25, 0.3) is 0 Å². The Bertz CT molecular complexity index is 594. The Labute approximate surface area is 147 Å². The van der Waals surface area contributed by atoms with Gasteiger partial charge in [-0.15, -0.1) is 0 Å². The molecule has 1 aromatic rings. The summed E-state index contributed by atoms with van der Waals surface area (Å²) >= 11 is 0. The zero-order chi connectivity index (χ0) is 18.6. The van der Waals surface area contributed by atoms with Crippen molar-refractivity contribution < 1.29 is 18.0 Å². The zero-order valence-corrected chi connectivity index (χ0v) is 15.0. The highest BCUT2D eigenvalue weighted by molar-refractivity contribution is 5.79. The van der Waals surface area contributed by atoms with Crippen molar-refractivity contribution in [3.8, 4) is 0 Å². The van der Waals surface area contributed by atoms with E-state index in [1.807, 2.05) is 19.0 Å². The number of carbonyl (C=O) groups is 1. The number of likely N-dealkylation sites (N-methyl/N-ethyl adjacent to an activating group) is 1. The van der Waals surface area contributed by atoms with Crippen molar-refractivity contribution in [2.75, 3.05) is 45.2 Å². The molecule has 1 N–H and O–H groups in total. The lowest BCUT2D eigenvalue weighted by Gasteiger charge is -2.34. The molecular weight excluding hydrogens is 331 g/mol. The zero-order valence-electron chi connectivity index (χ0n) is 15.0. The van der Waals surface area contributed by atoms with E-state index in [1.54, 1.807) is 17.9 Å². The van der Waals surface area contributed by atoms with Gasteiger partial charge < -0.3 is 15.1 Å². The first-order chi connectivity index (χ1) is 11.7. The molecule has 2 rings (SSSR count). The first-order valence-electron chi connectivity index (χ1n) is 8.53. The number of piperidine rings is 1. The molecule has 0 radical (unpaired) electrons. The second kappa shape index (κ2) is 8.08. The fraction of sp³-hybridized carbons (Fsp3) is 0.611. The molecule has 0 spiro atoms. The van der Waals surface area contributed by atoms with Crippen LogP contribution in [-0.4, -0.2) is 51.1 Å². The molecule has 0 bridgehead atoms. The van der Waals surface area contributed by atoms with Crippen LogP contribution < -0.4 is 10.2 Å². The Morgan fingerprint density at radius 2 is 1.92 bits per heavy atom. The van der Waals surface area contributed by atoms with E-state index in [0.29, 0.717) is 38.0 Å². The third-order valence-electron chi connectivity index (χ3n) is 4.52. The number of anilines is 1. The van der Waals surface area contributed by atoms with Crippen LogP contribution in [0.15, 0.2) is 18.2 Å². The highest BCUT2D eigenvalue weighted by Crippen LogP contribution is 2.38. The molecule has 0 aromatic heterocycles. The molecule has 1 aliphatic rings. The summed E-state index contributed by atoms with van der Waals surface area (Å²) in [5, 5.41) is 2.90. The van der Waals surface area contributed by atoms with Crippen LogP contribution >= 0.6 is 0 Å². The van der Waals surface area contributed by atoms with Gasteiger partial charge in [-0.3, -0.25) is 4.79 Å². The van der Waals surface area contributed by atoms with Crippen LogP contribution in [0.1, 0.15) is 24.0 Å². The number of nitrogens with one attached hydrogen (secondary N) is 1. The topological polar surface area (TPSA) is 35.6 Å². The molecule has 1 heterocycles. The lowest BCUT2D eigenvalue weighted by Crippen LogP contribution is -2.42. The number of rotatable bonds is 5. The van der Waals surface area contributed by atoms with E-state index >= 15 is 0 Å². The van der Waals surface area contributed by atoms with Crippen LogP contribution in [0, 0.1) is 12.8 Å². The van der Waals surface area contributed by atoms with Crippen LogP contribution in [-0.2, 0) is 11.0 Å². The first kappa shape index (κ1) is 19.6. The summed E-state index contributed by atoms with van der Waals surface area (Å²) in [7, 11) is 3.87. The van der Waals surface area contributed by atoms with E-state index < -0.39 is 11.7 Å². The van der Waals surface area contributed by atoms with E-state index in [1.165, 1.54) is 12.1 Å². The van der Waals surface area contributed by atoms with E-state index in [9.17, 15) is 18.0 Å². The number of hydrogen-bond donors (Lipinski definition) is 1. The second-order valence-electron chi connectivity index (χ2n) is 6.87. The quantitative estimate of drug-likeness (QED) is 0.880. The Balaban J connectivity index is 1.97. The summed E-state index contributed by atoms with van der Waals surface area (Å²) in [6.07, 6.45) is -3.24. The van der Waals surface area contributed by atoms with E-state index in [0.717, 1.165) is 6.54 Å². The van der Waals surface area contributed by atoms with Crippen LogP contribution in [0.2, 0.25) is 0 Å². The molecule has 1 fully saturated rings. The average Bonchev–Trinajstić information content (AvgIpc) is 2.53. The Morgan fingerprint density at radius 3 is 2.48 bits per heavy atom. The monoisotopic (exact) mass is 357 g/mol. The number of aryl methyl sites for hydroxylation is 1. The predicted molar refractivity (Wildman–Crippen MR) is 92.7 cm³/mol. The van der Waals surface area contributed by atoms with Crippen LogP contribution in [0.4, 0.5) is 18.9 Å². The Hall–Kier alpha value is -1.76. The Morgan fingerprint density at radius 1 is 1.28 bits per heavy atom. The highest BCUT2D eigenvalue weighted by atomic mass is 19.4. The third-order valence-corrected chi connectivity index (χ3v) is 4.52. The van der Waals surface area contributed by atoms with Crippen LogP contribution in [0.25, 0.3) is 0 Å². The summed E-state index contributed by atoms with van der Waals surface area (Å²) in [4.78, 5) is 15.9. The van der Waals surface area contributed by atoms with E-state index in [2.05, 4.69) is 5.32 Å². The van der Waals surface area contributed by atoms with Gasteiger partial charge in [-0.25, -0.2) is 0 Å². The molecule has 25 heavy (non-hydrogen) atoms. The summed E-state index contributed by atoms with van der Waals surface area (Å²) in [5.74, 6) is -0.125. The normalized spacial score (nSPS) is 16.4. The fourth-order valence-corrected chi connectivity index (χ4v) is 3.08. The van der Waals surface area contributed by atoms with E-state index in [4.69, 9.17) is 0 Å². The maximum Gasteiger partial charge on any atom is 0.418 e. The molecular formula is C18H26F3N3O. The maximum absolute atomic E-state index is 13.3. The standard InChI is InChI=1S/C18H26F3N3O/c1-13-4-5-16(15(12-13)18(19,20)21)24-9-6-14(7-10-24)17(25)22-8-11-23(2)3/h4-5,12,14H,6-11H2,1-3H3,(H,22,25). The highest BCUT2D eigenvalue weighted by Gasteiger charge is 2.36. The SMILES string of the molecule is Cc1ccc(N2CCC(C(=O)NCCN(C)C)CC2)c(C(F)(F)F)c1. The van der Waals surface area contributed by atoms with Crippen molar-refractivity contribution in [3.05, 3.63) is 29.3 Å². The number of nitrogens with zero attached hydrogens (tertiary/aromatic N) is 2. The minimum atomic E-state index is -4.37. The van der Waals surface area contributed by atoms with Gasteiger partial charge in [-0.1, -0.05) is 11.6 Å². The summed E-state index contributed by atoms with van der Waals surface area (Å²) in [6.45, 7) is 3.92. The first-order valence-corrected chi connectivity index (χ1v) is 8.53. The number of benzene rings is 1. The largest absolute Gasteiger partial charge is 0.418 e. The smallest absolute Gasteiger partial charge is 0.371 e. The molecule has 0 aliphatic carbocycles. The Kier molecular flexibility index (Phi) is 6.32. The molecule has 4 nitrogen and oxygen atoms in total. The molecule has 7 heteroatoms. The van der Waals surface area contributed by atoms with Gasteiger partial charge in [0, 0.05) is 37.8 Å². The van der Waals surface area contributed by atoms with Gasteiger partial charge in [0.15, 0.2) is 0 Å². The molecule has 1 aromatic carbocycles. The molecule has 0 saturated carbocycles. The molecule has 140 valence electrons. The minimum absolute atomic E-state index is 0.00134. The van der Waals surface area contributed by atoms with Crippen LogP contribution in [0.3, 0.4) is 0 Å². The number of amides is 1. The minimum Gasteiger partial charge on any atom is -0.371 e. The molecule has 0 atom stereocenters. The summed E-state index contributed by atoms with van der Waals surface area (Å²) < 4.78 is 39.9. The van der Waals surface area contributed by atoms with Crippen molar-refractivity contribution in [2.24, 2.45) is 5.92 Å². The number of hydrogen-bond acceptors (Lipinski definition) is 3. The third kappa shape index (κ3) is 5.36. The lowest BCUT2D eigenvalue weighted by molar-refractivity contribution is -0.137. The predicted octanol–water partition coefficient (Wildman–Crippen LogP) is 2.91. The molecule has 0 unspecified atom stereocenters. The number of carbonyl (C=O) groups excluding carboxylic acids is 1. The van der Waals surface area contributed by atoms with Crippen molar-refractivity contribution in [1.82, 2.24) is 10.2 Å².